The van der Waals surface area contributed by atoms with Crippen LogP contribution in [0.3, 0.4) is 0 Å². The minimum Gasteiger partial charge on any atom is -0.380 e. The van der Waals surface area contributed by atoms with Crippen molar-refractivity contribution in [2.75, 3.05) is 19.0 Å². The third-order valence-electron chi connectivity index (χ3n) is 2.01. The minimum absolute atomic E-state index is 0.465. The highest BCUT2D eigenvalue weighted by atomic mass is 32.2. The van der Waals surface area contributed by atoms with Gasteiger partial charge in [-0.05, 0) is 18.8 Å². The van der Waals surface area contributed by atoms with Crippen molar-refractivity contribution >= 4 is 11.0 Å². The first kappa shape index (κ1) is 9.16. The maximum Gasteiger partial charge on any atom is 0.0911 e. The van der Waals surface area contributed by atoms with Crippen molar-refractivity contribution in [1.29, 1.82) is 0 Å². The van der Waals surface area contributed by atoms with Crippen molar-refractivity contribution in [2.24, 2.45) is 11.1 Å². The van der Waals surface area contributed by atoms with Crippen LogP contribution >= 0.6 is 0 Å². The highest BCUT2D eigenvalue weighted by Gasteiger charge is 2.16. The molecule has 0 aliphatic heterocycles. The molecule has 1 fully saturated rings. The molecule has 1 atom stereocenters. The molecule has 3 nitrogen and oxygen atoms in total. The highest BCUT2D eigenvalue weighted by molar-refractivity contribution is 7.82. The third kappa shape index (κ3) is 3.84. The van der Waals surface area contributed by atoms with Crippen LogP contribution in [-0.4, -0.2) is 23.2 Å². The first-order valence-corrected chi connectivity index (χ1v) is 5.38. The maximum atomic E-state index is 10.4. The lowest BCUT2D eigenvalue weighted by Crippen LogP contribution is -2.20. The standard InChI is InChI=1S/C7H15NO2S/c8-11(9)5-4-10-6-7-2-1-3-7/h7H,1-6,8H2. The van der Waals surface area contributed by atoms with Gasteiger partial charge >= 0.3 is 0 Å². The summed E-state index contributed by atoms with van der Waals surface area (Å²) in [7, 11) is -1.19. The van der Waals surface area contributed by atoms with Gasteiger partial charge in [-0.3, -0.25) is 5.14 Å². The van der Waals surface area contributed by atoms with Gasteiger partial charge in [-0.25, -0.2) is 4.21 Å². The molecule has 1 saturated carbocycles. The normalized spacial score (nSPS) is 21.2. The van der Waals surface area contributed by atoms with E-state index in [0.29, 0.717) is 12.4 Å². The van der Waals surface area contributed by atoms with Crippen molar-refractivity contribution in [3.8, 4) is 0 Å². The van der Waals surface area contributed by atoms with E-state index in [0.717, 1.165) is 12.5 Å². The summed E-state index contributed by atoms with van der Waals surface area (Å²) in [4.78, 5) is 0. The summed E-state index contributed by atoms with van der Waals surface area (Å²) in [5.41, 5.74) is 0. The lowest BCUT2D eigenvalue weighted by molar-refractivity contribution is 0.0802. The van der Waals surface area contributed by atoms with Crippen molar-refractivity contribution in [2.45, 2.75) is 19.3 Å². The van der Waals surface area contributed by atoms with E-state index in [1.807, 2.05) is 0 Å². The zero-order valence-corrected chi connectivity index (χ0v) is 7.44. The van der Waals surface area contributed by atoms with Gasteiger partial charge in [-0.2, -0.15) is 0 Å². The van der Waals surface area contributed by atoms with Gasteiger partial charge < -0.3 is 4.74 Å². The summed E-state index contributed by atoms with van der Waals surface area (Å²) in [6.07, 6.45) is 3.94. The average Bonchev–Trinajstić information content (AvgIpc) is 1.82. The van der Waals surface area contributed by atoms with E-state index in [9.17, 15) is 4.21 Å². The van der Waals surface area contributed by atoms with Crippen LogP contribution in [0.2, 0.25) is 0 Å². The van der Waals surface area contributed by atoms with Crippen LogP contribution in [0.4, 0.5) is 0 Å². The summed E-state index contributed by atoms with van der Waals surface area (Å²) in [6, 6.07) is 0. The first-order valence-electron chi connectivity index (χ1n) is 3.99. The molecule has 0 aromatic carbocycles. The second kappa shape index (κ2) is 4.85. The van der Waals surface area contributed by atoms with E-state index in [4.69, 9.17) is 9.88 Å². The van der Waals surface area contributed by atoms with Crippen molar-refractivity contribution in [3.63, 3.8) is 0 Å². The second-order valence-corrected chi connectivity index (χ2v) is 4.13. The smallest absolute Gasteiger partial charge is 0.0911 e. The molecule has 66 valence electrons. The van der Waals surface area contributed by atoms with Gasteiger partial charge in [-0.1, -0.05) is 6.42 Å². The number of rotatable bonds is 5. The minimum atomic E-state index is -1.19. The molecule has 11 heavy (non-hydrogen) atoms. The first-order chi connectivity index (χ1) is 5.29. The van der Waals surface area contributed by atoms with Crippen molar-refractivity contribution < 1.29 is 8.95 Å². The fraction of sp³-hybridized carbons (Fsp3) is 1.00. The van der Waals surface area contributed by atoms with Gasteiger partial charge in [0.1, 0.15) is 0 Å². The van der Waals surface area contributed by atoms with Crippen LogP contribution in [0.15, 0.2) is 0 Å². The van der Waals surface area contributed by atoms with E-state index in [-0.39, 0.29) is 0 Å². The molecular formula is C7H15NO2S. The quantitative estimate of drug-likeness (QED) is 0.619. The number of ether oxygens (including phenoxy) is 1. The summed E-state index contributed by atoms with van der Waals surface area (Å²) in [5.74, 6) is 1.23. The topological polar surface area (TPSA) is 52.3 Å². The predicted molar refractivity (Wildman–Crippen MR) is 45.4 cm³/mol. The SMILES string of the molecule is NS(=O)CCOCC1CCC1. The second-order valence-electron chi connectivity index (χ2n) is 2.96. The van der Waals surface area contributed by atoms with Gasteiger partial charge in [0.15, 0.2) is 0 Å². The Morgan fingerprint density at radius 1 is 1.55 bits per heavy atom. The summed E-state index contributed by atoms with van der Waals surface area (Å²) in [6.45, 7) is 1.37. The van der Waals surface area contributed by atoms with Gasteiger partial charge in [0.25, 0.3) is 0 Å². The Morgan fingerprint density at radius 3 is 2.73 bits per heavy atom. The molecule has 0 aromatic heterocycles. The van der Waals surface area contributed by atoms with Gasteiger partial charge in [-0.15, -0.1) is 0 Å². The molecule has 0 spiro atoms. The zero-order valence-electron chi connectivity index (χ0n) is 6.62. The van der Waals surface area contributed by atoms with Crippen molar-refractivity contribution in [3.05, 3.63) is 0 Å². The van der Waals surface area contributed by atoms with Gasteiger partial charge in [0, 0.05) is 6.61 Å². The molecule has 1 unspecified atom stereocenters. The lowest BCUT2D eigenvalue weighted by Gasteiger charge is -2.24. The molecule has 1 aliphatic carbocycles. The fourth-order valence-electron chi connectivity index (χ4n) is 1.05. The van der Waals surface area contributed by atoms with Crippen LogP contribution in [-0.2, 0) is 15.7 Å². The molecule has 0 saturated heterocycles. The maximum absolute atomic E-state index is 10.4. The Bertz CT molecular complexity index is 136. The van der Waals surface area contributed by atoms with Crippen LogP contribution in [0, 0.1) is 5.92 Å². The molecule has 0 bridgehead atoms. The van der Waals surface area contributed by atoms with Crippen LogP contribution < -0.4 is 5.14 Å². The molecule has 1 rings (SSSR count). The van der Waals surface area contributed by atoms with Crippen molar-refractivity contribution in [1.82, 2.24) is 0 Å². The summed E-state index contributed by atoms with van der Waals surface area (Å²) in [5, 5.41) is 5.05. The highest BCUT2D eigenvalue weighted by Crippen LogP contribution is 2.25. The van der Waals surface area contributed by atoms with Crippen LogP contribution in [0.1, 0.15) is 19.3 Å². The zero-order chi connectivity index (χ0) is 8.10. The van der Waals surface area contributed by atoms with Gasteiger partial charge in [0.05, 0.1) is 23.3 Å². The molecule has 0 amide bonds. The molecule has 4 heteroatoms. The average molecular weight is 177 g/mol. The van der Waals surface area contributed by atoms with Gasteiger partial charge in [0.2, 0.25) is 0 Å². The third-order valence-corrected chi connectivity index (χ3v) is 2.58. The lowest BCUT2D eigenvalue weighted by atomic mass is 9.86. The Labute approximate surface area is 69.9 Å². The number of nitrogens with two attached hydrogens (primary N) is 1. The molecule has 0 heterocycles. The predicted octanol–water partition coefficient (Wildman–Crippen LogP) is 0.425. The number of hydrogen-bond donors (Lipinski definition) is 1. The molecule has 2 N–H and O–H groups in total. The molecule has 1 aliphatic rings. The fourth-order valence-corrected chi connectivity index (χ4v) is 1.33. The summed E-state index contributed by atoms with van der Waals surface area (Å²) >= 11 is 0. The Hall–Kier alpha value is 0.0700. The monoisotopic (exact) mass is 177 g/mol. The van der Waals surface area contributed by atoms with E-state index >= 15 is 0 Å². The Balaban J connectivity index is 1.83. The van der Waals surface area contributed by atoms with E-state index < -0.39 is 11.0 Å². The Morgan fingerprint density at radius 2 is 2.27 bits per heavy atom. The van der Waals surface area contributed by atoms with Crippen LogP contribution in [0.5, 0.6) is 0 Å². The summed E-state index contributed by atoms with van der Waals surface area (Å²) < 4.78 is 15.7. The Kier molecular flexibility index (Phi) is 4.04. The molecule has 0 radical (unpaired) electrons. The van der Waals surface area contributed by atoms with E-state index in [2.05, 4.69) is 0 Å². The van der Waals surface area contributed by atoms with E-state index in [1.165, 1.54) is 19.3 Å². The van der Waals surface area contributed by atoms with E-state index in [1.54, 1.807) is 0 Å². The largest absolute Gasteiger partial charge is 0.380 e. The number of hydrogen-bond acceptors (Lipinski definition) is 2. The molecular weight excluding hydrogens is 162 g/mol. The van der Waals surface area contributed by atoms with Crippen LogP contribution in [0.25, 0.3) is 0 Å². The molecule has 0 aromatic rings.